The van der Waals surface area contributed by atoms with Gasteiger partial charge in [-0.25, -0.2) is 9.78 Å². The summed E-state index contributed by atoms with van der Waals surface area (Å²) >= 11 is 0. The molecule has 0 amide bonds. The van der Waals surface area contributed by atoms with Crippen LogP contribution in [0, 0.1) is 5.92 Å². The van der Waals surface area contributed by atoms with Gasteiger partial charge >= 0.3 is 0 Å². The Morgan fingerprint density at radius 2 is 1.92 bits per heavy atom. The molecule has 74 valence electrons. The molecule has 3 heteroatoms. The maximum atomic E-state index is 5.68. The van der Waals surface area contributed by atoms with Crippen molar-refractivity contribution in [3.05, 3.63) is 0 Å². The minimum atomic E-state index is -0.165. The van der Waals surface area contributed by atoms with Crippen LogP contribution in [0.3, 0.4) is 0 Å². The van der Waals surface area contributed by atoms with Crippen LogP contribution < -0.4 is 0 Å². The third-order valence-electron chi connectivity index (χ3n) is 3.95. The third kappa shape index (κ3) is 0.808. The fraction of sp³-hybridized carbons (Fsp3) is 1.00. The minimum absolute atomic E-state index is 0.150. The zero-order valence-electron chi connectivity index (χ0n) is 8.37. The molecule has 4 fully saturated rings. The number of hydrogen-bond acceptors (Lipinski definition) is 3. The summed E-state index contributed by atoms with van der Waals surface area (Å²) in [6.07, 6.45) is 2.71. The molecule has 0 aromatic rings. The zero-order chi connectivity index (χ0) is 9.27. The van der Waals surface area contributed by atoms with Gasteiger partial charge in [-0.15, -0.1) is 0 Å². The molecule has 0 N–H and O–H groups in total. The van der Waals surface area contributed by atoms with Crippen LogP contribution >= 0.6 is 0 Å². The summed E-state index contributed by atoms with van der Waals surface area (Å²) in [5, 5.41) is 0. The van der Waals surface area contributed by atoms with Gasteiger partial charge in [0.25, 0.3) is 0 Å². The molecule has 1 saturated carbocycles. The summed E-state index contributed by atoms with van der Waals surface area (Å²) in [5.41, 5.74) is -0.316. The van der Waals surface area contributed by atoms with Crippen LogP contribution in [-0.4, -0.2) is 23.4 Å². The fourth-order valence-corrected chi connectivity index (χ4v) is 2.74. The van der Waals surface area contributed by atoms with Crippen LogP contribution in [0.4, 0.5) is 0 Å². The van der Waals surface area contributed by atoms with E-state index in [0.29, 0.717) is 12.0 Å². The first-order chi connectivity index (χ1) is 6.08. The maximum Gasteiger partial charge on any atom is 0.135 e. The lowest BCUT2D eigenvalue weighted by atomic mass is 9.71. The Hall–Kier alpha value is -0.120. The number of ether oxygens (including phenoxy) is 1. The van der Waals surface area contributed by atoms with Gasteiger partial charge in [-0.3, -0.25) is 0 Å². The van der Waals surface area contributed by atoms with Gasteiger partial charge in [0.05, 0.1) is 0 Å². The molecule has 3 nitrogen and oxygen atoms in total. The molecule has 4 rings (SSSR count). The Morgan fingerprint density at radius 3 is 2.46 bits per heavy atom. The molecule has 0 aromatic carbocycles. The number of epoxide rings is 1. The molecule has 0 aromatic heterocycles. The van der Waals surface area contributed by atoms with Crippen LogP contribution in [0.5, 0.6) is 0 Å². The van der Waals surface area contributed by atoms with Crippen LogP contribution in [0.1, 0.15) is 33.6 Å². The molecule has 4 aliphatic rings. The Labute approximate surface area is 78.3 Å². The van der Waals surface area contributed by atoms with E-state index in [-0.39, 0.29) is 17.3 Å². The smallest absolute Gasteiger partial charge is 0.135 e. The first-order valence-electron chi connectivity index (χ1n) is 5.11. The maximum absolute atomic E-state index is 5.68. The molecule has 3 saturated heterocycles. The summed E-state index contributed by atoms with van der Waals surface area (Å²) in [7, 11) is 0. The van der Waals surface area contributed by atoms with Crippen LogP contribution in [0.2, 0.25) is 0 Å². The monoisotopic (exact) mass is 184 g/mol. The van der Waals surface area contributed by atoms with E-state index >= 15 is 0 Å². The fourth-order valence-electron chi connectivity index (χ4n) is 2.74. The lowest BCUT2D eigenvalue weighted by Gasteiger charge is -2.48. The molecule has 3 aliphatic heterocycles. The predicted molar refractivity (Wildman–Crippen MR) is 46.0 cm³/mol. The van der Waals surface area contributed by atoms with Gasteiger partial charge in [-0.2, -0.15) is 0 Å². The molecular weight excluding hydrogens is 168 g/mol. The van der Waals surface area contributed by atoms with Crippen LogP contribution in [0.15, 0.2) is 0 Å². The highest BCUT2D eigenvalue weighted by molar-refractivity contribution is 5.17. The van der Waals surface area contributed by atoms with Crippen molar-refractivity contribution in [3.8, 4) is 0 Å². The normalized spacial score (nSPS) is 58.2. The van der Waals surface area contributed by atoms with Crippen LogP contribution in [-0.2, 0) is 14.5 Å². The van der Waals surface area contributed by atoms with Crippen molar-refractivity contribution in [2.24, 2.45) is 5.92 Å². The Bertz CT molecular complexity index is 241. The van der Waals surface area contributed by atoms with E-state index in [1.807, 2.05) is 0 Å². The number of rotatable bonds is 1. The second-order valence-corrected chi connectivity index (χ2v) is 5.07. The quantitative estimate of drug-likeness (QED) is 0.458. The van der Waals surface area contributed by atoms with Gasteiger partial charge in [0.1, 0.15) is 23.4 Å². The summed E-state index contributed by atoms with van der Waals surface area (Å²) in [4.78, 5) is 11.0. The second kappa shape index (κ2) is 2.10. The largest absolute Gasteiger partial charge is 0.363 e. The molecule has 2 bridgehead atoms. The van der Waals surface area contributed by atoms with Gasteiger partial charge in [-0.1, -0.05) is 13.8 Å². The van der Waals surface area contributed by atoms with Gasteiger partial charge in [0.15, 0.2) is 0 Å². The standard InChI is InChI=1S/C10H16O3/c1-6(2)10-5-4-9(3,12-13-10)7-8(10)11-7/h6-8H,4-5H2,1-3H3. The minimum Gasteiger partial charge on any atom is -0.363 e. The Kier molecular flexibility index (Phi) is 1.33. The molecule has 1 aliphatic carbocycles. The highest BCUT2D eigenvalue weighted by Gasteiger charge is 2.72. The molecule has 0 spiro atoms. The van der Waals surface area contributed by atoms with E-state index in [2.05, 4.69) is 20.8 Å². The molecule has 4 unspecified atom stereocenters. The topological polar surface area (TPSA) is 31.0 Å². The van der Waals surface area contributed by atoms with Gasteiger partial charge in [0, 0.05) is 0 Å². The highest BCUT2D eigenvalue weighted by Crippen LogP contribution is 2.58. The molecular formula is C10H16O3. The third-order valence-corrected chi connectivity index (χ3v) is 3.95. The lowest BCUT2D eigenvalue weighted by molar-refractivity contribution is -0.460. The van der Waals surface area contributed by atoms with E-state index in [0.717, 1.165) is 12.8 Å². The molecule has 3 heterocycles. The summed E-state index contributed by atoms with van der Waals surface area (Å²) < 4.78 is 5.68. The first-order valence-corrected chi connectivity index (χ1v) is 5.11. The van der Waals surface area contributed by atoms with Crippen molar-refractivity contribution >= 4 is 0 Å². The Morgan fingerprint density at radius 1 is 1.15 bits per heavy atom. The predicted octanol–water partition coefficient (Wildman–Crippen LogP) is 1.66. The van der Waals surface area contributed by atoms with Gasteiger partial charge in [-0.05, 0) is 25.7 Å². The average molecular weight is 184 g/mol. The number of fused-ring (bicyclic) bond motifs is 2. The van der Waals surface area contributed by atoms with E-state index in [1.54, 1.807) is 0 Å². The molecule has 0 radical (unpaired) electrons. The van der Waals surface area contributed by atoms with Crippen molar-refractivity contribution in [1.29, 1.82) is 0 Å². The molecule has 4 atom stereocenters. The van der Waals surface area contributed by atoms with Gasteiger partial charge < -0.3 is 4.74 Å². The van der Waals surface area contributed by atoms with Crippen LogP contribution in [0.25, 0.3) is 0 Å². The van der Waals surface area contributed by atoms with Crippen molar-refractivity contribution in [1.82, 2.24) is 0 Å². The molecule has 13 heavy (non-hydrogen) atoms. The van der Waals surface area contributed by atoms with E-state index in [1.165, 1.54) is 0 Å². The summed E-state index contributed by atoms with van der Waals surface area (Å²) in [5.74, 6) is 0.465. The number of hydrogen-bond donors (Lipinski definition) is 0. The Balaban J connectivity index is 1.95. The van der Waals surface area contributed by atoms with Crippen molar-refractivity contribution in [2.45, 2.75) is 57.0 Å². The van der Waals surface area contributed by atoms with Gasteiger partial charge in [0.2, 0.25) is 0 Å². The summed E-state index contributed by atoms with van der Waals surface area (Å²) in [6, 6.07) is 0. The summed E-state index contributed by atoms with van der Waals surface area (Å²) in [6.45, 7) is 6.44. The first kappa shape index (κ1) is 8.21. The SMILES string of the molecule is CC(C)C12CCC(C)(OO1)C1OC12. The lowest BCUT2D eigenvalue weighted by Crippen LogP contribution is -2.60. The second-order valence-electron chi connectivity index (χ2n) is 5.07. The van der Waals surface area contributed by atoms with E-state index in [4.69, 9.17) is 14.5 Å². The van der Waals surface area contributed by atoms with Crippen molar-refractivity contribution in [2.75, 3.05) is 0 Å². The van der Waals surface area contributed by atoms with E-state index in [9.17, 15) is 0 Å². The average Bonchev–Trinajstić information content (AvgIpc) is 2.85. The van der Waals surface area contributed by atoms with Crippen molar-refractivity contribution in [3.63, 3.8) is 0 Å². The zero-order valence-corrected chi connectivity index (χ0v) is 8.37. The van der Waals surface area contributed by atoms with Crippen molar-refractivity contribution < 1.29 is 14.5 Å². The van der Waals surface area contributed by atoms with E-state index < -0.39 is 0 Å². The highest BCUT2D eigenvalue weighted by atomic mass is 17.2.